The van der Waals surface area contributed by atoms with Crippen molar-refractivity contribution >= 4 is 44.3 Å². The number of hydrogen-bond acceptors (Lipinski definition) is 9. The van der Waals surface area contributed by atoms with Crippen LogP contribution in [0.25, 0.3) is 0 Å². The van der Waals surface area contributed by atoms with E-state index in [9.17, 15) is 35.6 Å². The lowest BCUT2D eigenvalue weighted by atomic mass is 10.3. The topological polar surface area (TPSA) is 105 Å². The van der Waals surface area contributed by atoms with E-state index >= 15 is 0 Å². The van der Waals surface area contributed by atoms with E-state index in [0.717, 1.165) is 19.2 Å². The second kappa shape index (κ2) is 13.2. The van der Waals surface area contributed by atoms with Crippen molar-refractivity contribution < 1.29 is 54.5 Å². The van der Waals surface area contributed by atoms with Gasteiger partial charge in [-0.25, -0.2) is 35.6 Å². The molecule has 0 aliphatic rings. The Bertz CT molecular complexity index is 1100. The fourth-order valence-electron chi connectivity index (χ4n) is 2.02. The summed E-state index contributed by atoms with van der Waals surface area (Å²) >= 11 is 3.77. The Kier molecular flexibility index (Phi) is 11.4. The number of rotatable bonds is 8. The van der Waals surface area contributed by atoms with Gasteiger partial charge in [0.25, 0.3) is 9.05 Å². The van der Waals surface area contributed by atoms with Crippen LogP contribution in [0.3, 0.4) is 0 Å². The van der Waals surface area contributed by atoms with E-state index in [4.69, 9.17) is 10.7 Å². The Morgan fingerprint density at radius 1 is 0.882 bits per heavy atom. The number of benzene rings is 2. The van der Waals surface area contributed by atoms with E-state index in [0.29, 0.717) is 12.1 Å². The SMILES string of the molecule is CCOC(=O)COc1c(F)cc(S(=O)(=O)Cl)cc1F.COC(=O)COc1c(F)cc(S)cc1F. The third kappa shape index (κ3) is 9.27. The van der Waals surface area contributed by atoms with Crippen LogP contribution in [0.1, 0.15) is 6.92 Å². The lowest BCUT2D eigenvalue weighted by Gasteiger charge is -2.08. The Balaban J connectivity index is 0.000000350. The van der Waals surface area contributed by atoms with Crippen LogP contribution in [0.15, 0.2) is 34.1 Å². The molecule has 0 N–H and O–H groups in total. The molecule has 2 rings (SSSR count). The summed E-state index contributed by atoms with van der Waals surface area (Å²) in [7, 11) is 1.84. The first-order chi connectivity index (χ1) is 15.8. The highest BCUT2D eigenvalue weighted by molar-refractivity contribution is 8.13. The molecular formula is C19H17ClF4O8S2. The van der Waals surface area contributed by atoms with Gasteiger partial charge in [0.05, 0.1) is 18.6 Å². The fourth-order valence-corrected chi connectivity index (χ4v) is 3.01. The van der Waals surface area contributed by atoms with Gasteiger partial charge in [0.15, 0.2) is 48.0 Å². The molecule has 0 aromatic heterocycles. The van der Waals surface area contributed by atoms with Crippen LogP contribution in [-0.2, 0) is 28.1 Å². The van der Waals surface area contributed by atoms with Gasteiger partial charge in [-0.1, -0.05) is 0 Å². The standard InChI is InChI=1S/C10H9ClF2O5S.C9H8F2O3S/c1-2-17-9(14)5-18-10-7(12)3-6(4-8(10)13)19(11,15)16;1-13-8(12)4-14-9-6(10)2-5(15)3-7(9)11/h3-4H,2,5H2,1H3;2-3,15H,4H2,1H3. The van der Waals surface area contributed by atoms with E-state index in [1.807, 2.05) is 0 Å². The molecule has 2 aromatic carbocycles. The van der Waals surface area contributed by atoms with Crippen LogP contribution >= 0.6 is 23.3 Å². The van der Waals surface area contributed by atoms with Gasteiger partial charge in [0.2, 0.25) is 0 Å². The first-order valence-corrected chi connectivity index (χ1v) is 11.7. The van der Waals surface area contributed by atoms with E-state index in [2.05, 4.69) is 31.6 Å². The van der Waals surface area contributed by atoms with Crippen molar-refractivity contribution in [2.24, 2.45) is 0 Å². The first kappa shape index (κ1) is 29.3. The minimum Gasteiger partial charge on any atom is -0.476 e. The van der Waals surface area contributed by atoms with Crippen molar-refractivity contribution in [3.8, 4) is 11.5 Å². The monoisotopic (exact) mass is 548 g/mol. The number of halogens is 5. The average molecular weight is 549 g/mol. The van der Waals surface area contributed by atoms with Crippen LogP contribution in [0.5, 0.6) is 11.5 Å². The minimum atomic E-state index is -4.26. The zero-order chi connectivity index (χ0) is 26.1. The lowest BCUT2D eigenvalue weighted by Crippen LogP contribution is -2.16. The minimum absolute atomic E-state index is 0.0938. The normalized spacial score (nSPS) is 10.6. The van der Waals surface area contributed by atoms with Crippen molar-refractivity contribution in [1.82, 2.24) is 0 Å². The fraction of sp³-hybridized carbons (Fsp3) is 0.263. The van der Waals surface area contributed by atoms with Gasteiger partial charge in [-0.2, -0.15) is 0 Å². The maximum Gasteiger partial charge on any atom is 0.344 e. The maximum absolute atomic E-state index is 13.4. The Morgan fingerprint density at radius 3 is 1.68 bits per heavy atom. The molecule has 2 aromatic rings. The second-order valence-electron chi connectivity index (χ2n) is 5.85. The molecule has 0 aliphatic heterocycles. The van der Waals surface area contributed by atoms with Crippen LogP contribution in [-0.4, -0.2) is 47.3 Å². The number of carbonyl (C=O) groups excluding carboxylic acids is 2. The molecule has 0 radical (unpaired) electrons. The summed E-state index contributed by atoms with van der Waals surface area (Å²) in [6.07, 6.45) is 0. The molecule has 0 amide bonds. The number of thiol groups is 1. The molecule has 0 saturated heterocycles. The van der Waals surface area contributed by atoms with Crippen LogP contribution in [0, 0.1) is 23.3 Å². The van der Waals surface area contributed by atoms with Gasteiger partial charge in [-0.05, 0) is 31.2 Å². The van der Waals surface area contributed by atoms with Gasteiger partial charge in [-0.3, -0.25) is 0 Å². The molecule has 0 saturated carbocycles. The molecule has 188 valence electrons. The second-order valence-corrected chi connectivity index (χ2v) is 8.93. The van der Waals surface area contributed by atoms with Gasteiger partial charge in [0, 0.05) is 15.6 Å². The van der Waals surface area contributed by atoms with Crippen LogP contribution < -0.4 is 9.47 Å². The maximum atomic E-state index is 13.4. The summed E-state index contributed by atoms with van der Waals surface area (Å²) in [6.45, 7) is 0.403. The van der Waals surface area contributed by atoms with E-state index in [1.165, 1.54) is 0 Å². The number of methoxy groups -OCH3 is 1. The zero-order valence-corrected chi connectivity index (χ0v) is 19.9. The number of esters is 2. The summed E-state index contributed by atoms with van der Waals surface area (Å²) in [6, 6.07) is 2.95. The highest BCUT2D eigenvalue weighted by atomic mass is 35.7. The molecule has 0 bridgehead atoms. The summed E-state index contributed by atoms with van der Waals surface area (Å²) in [5, 5.41) is 0. The van der Waals surface area contributed by atoms with Gasteiger partial charge in [0.1, 0.15) is 0 Å². The molecule has 8 nitrogen and oxygen atoms in total. The largest absolute Gasteiger partial charge is 0.476 e. The molecule has 34 heavy (non-hydrogen) atoms. The molecular weight excluding hydrogens is 532 g/mol. The Labute approximate surface area is 201 Å². The van der Waals surface area contributed by atoms with Crippen molar-refractivity contribution in [3.63, 3.8) is 0 Å². The lowest BCUT2D eigenvalue weighted by molar-refractivity contribution is -0.145. The Hall–Kier alpha value is -2.71. The van der Waals surface area contributed by atoms with Crippen LogP contribution in [0.2, 0.25) is 0 Å². The number of ether oxygens (including phenoxy) is 4. The predicted octanol–water partition coefficient (Wildman–Crippen LogP) is 3.64. The van der Waals surface area contributed by atoms with Gasteiger partial charge < -0.3 is 18.9 Å². The van der Waals surface area contributed by atoms with Gasteiger partial charge in [-0.15, -0.1) is 12.6 Å². The number of hydrogen-bond donors (Lipinski definition) is 1. The Morgan fingerprint density at radius 2 is 1.29 bits per heavy atom. The molecule has 0 atom stereocenters. The average Bonchev–Trinajstić information content (AvgIpc) is 2.72. The quantitative estimate of drug-likeness (QED) is 0.231. The summed E-state index contributed by atoms with van der Waals surface area (Å²) in [4.78, 5) is 21.0. The van der Waals surface area contributed by atoms with Crippen LogP contribution in [0.4, 0.5) is 17.6 Å². The third-order valence-corrected chi connectivity index (χ3v) is 5.03. The van der Waals surface area contributed by atoms with E-state index in [1.54, 1.807) is 6.92 Å². The van der Waals surface area contributed by atoms with Crippen molar-refractivity contribution in [3.05, 3.63) is 47.5 Å². The summed E-state index contributed by atoms with van der Waals surface area (Å²) in [5.41, 5.74) is 0. The summed E-state index contributed by atoms with van der Waals surface area (Å²) < 4.78 is 92.9. The van der Waals surface area contributed by atoms with E-state index in [-0.39, 0.29) is 11.5 Å². The first-order valence-electron chi connectivity index (χ1n) is 8.89. The van der Waals surface area contributed by atoms with Crippen molar-refractivity contribution in [1.29, 1.82) is 0 Å². The highest BCUT2D eigenvalue weighted by Crippen LogP contribution is 2.27. The van der Waals surface area contributed by atoms with Crippen molar-refractivity contribution in [2.45, 2.75) is 16.7 Å². The summed E-state index contributed by atoms with van der Waals surface area (Å²) in [5.74, 6) is -7.42. The third-order valence-electron chi connectivity index (χ3n) is 3.44. The smallest absolute Gasteiger partial charge is 0.344 e. The molecule has 15 heteroatoms. The zero-order valence-electron chi connectivity index (χ0n) is 17.4. The van der Waals surface area contributed by atoms with E-state index < -0.39 is 73.9 Å². The van der Waals surface area contributed by atoms with Crippen molar-refractivity contribution in [2.75, 3.05) is 26.9 Å². The molecule has 0 heterocycles. The highest BCUT2D eigenvalue weighted by Gasteiger charge is 2.20. The molecule has 0 aliphatic carbocycles. The molecule has 0 spiro atoms. The van der Waals surface area contributed by atoms with Gasteiger partial charge >= 0.3 is 11.9 Å². The molecule has 0 unspecified atom stereocenters. The number of carbonyl (C=O) groups is 2. The molecule has 0 fully saturated rings. The predicted molar refractivity (Wildman–Crippen MR) is 113 cm³/mol.